The number of rotatable bonds is 7. The third-order valence-corrected chi connectivity index (χ3v) is 6.39. The lowest BCUT2D eigenvalue weighted by atomic mass is 10.1. The Bertz CT molecular complexity index is 1150. The highest BCUT2D eigenvalue weighted by atomic mass is 32.2. The van der Waals surface area contributed by atoms with Gasteiger partial charge < -0.3 is 28.8 Å². The van der Waals surface area contributed by atoms with Crippen LogP contribution in [0.2, 0.25) is 0 Å². The van der Waals surface area contributed by atoms with E-state index in [0.717, 1.165) is 40.2 Å². The molecule has 33 heavy (non-hydrogen) atoms. The van der Waals surface area contributed by atoms with Crippen LogP contribution >= 0.6 is 11.8 Å². The number of amides is 1. The van der Waals surface area contributed by atoms with Gasteiger partial charge in [-0.15, -0.1) is 0 Å². The lowest BCUT2D eigenvalue weighted by Crippen LogP contribution is -2.41. The van der Waals surface area contributed by atoms with Crippen LogP contribution in [0.3, 0.4) is 0 Å². The molecule has 8 nitrogen and oxygen atoms in total. The number of carbonyl (C=O) groups is 1. The van der Waals surface area contributed by atoms with E-state index in [1.54, 1.807) is 0 Å². The van der Waals surface area contributed by atoms with Gasteiger partial charge in [0.1, 0.15) is 25.9 Å². The molecule has 0 spiro atoms. The smallest absolute Gasteiger partial charge is 0.230 e. The number of para-hydroxylation sites is 2. The molecule has 0 fully saturated rings. The van der Waals surface area contributed by atoms with Crippen LogP contribution in [0.25, 0.3) is 11.3 Å². The van der Waals surface area contributed by atoms with Gasteiger partial charge >= 0.3 is 0 Å². The maximum Gasteiger partial charge on any atom is 0.230 e. The highest BCUT2D eigenvalue weighted by molar-refractivity contribution is 7.99. The van der Waals surface area contributed by atoms with Crippen molar-refractivity contribution in [1.82, 2.24) is 14.9 Å². The van der Waals surface area contributed by atoms with Gasteiger partial charge in [-0.3, -0.25) is 4.79 Å². The zero-order chi connectivity index (χ0) is 22.6. The minimum absolute atomic E-state index is 0.0750. The van der Waals surface area contributed by atoms with Crippen molar-refractivity contribution in [3.05, 3.63) is 48.7 Å². The molecule has 3 aromatic rings. The van der Waals surface area contributed by atoms with E-state index >= 15 is 0 Å². The summed E-state index contributed by atoms with van der Waals surface area (Å²) in [5, 5.41) is 3.73. The van der Waals surface area contributed by atoms with Crippen LogP contribution < -0.4 is 24.3 Å². The van der Waals surface area contributed by atoms with E-state index in [4.69, 9.17) is 18.9 Å². The summed E-state index contributed by atoms with van der Waals surface area (Å²) in [5.74, 6) is 3.13. The quantitative estimate of drug-likeness (QED) is 0.533. The normalized spacial score (nSPS) is 16.3. The summed E-state index contributed by atoms with van der Waals surface area (Å²) in [6.45, 7) is 4.70. The summed E-state index contributed by atoms with van der Waals surface area (Å²) in [7, 11) is 0. The van der Waals surface area contributed by atoms with E-state index in [9.17, 15) is 4.79 Å². The molecule has 5 rings (SSSR count). The van der Waals surface area contributed by atoms with Crippen LogP contribution in [0.1, 0.15) is 6.92 Å². The summed E-state index contributed by atoms with van der Waals surface area (Å²) in [5.41, 5.74) is 1.98. The number of hydrogen-bond donors (Lipinski definition) is 1. The maximum absolute atomic E-state index is 12.4. The second-order valence-electron chi connectivity index (χ2n) is 7.62. The summed E-state index contributed by atoms with van der Waals surface area (Å²) in [6, 6.07) is 13.4. The van der Waals surface area contributed by atoms with Crippen molar-refractivity contribution in [2.24, 2.45) is 0 Å². The van der Waals surface area contributed by atoms with Crippen molar-refractivity contribution in [1.29, 1.82) is 0 Å². The first kappa shape index (κ1) is 21.5. The molecule has 1 amide bonds. The number of hydrogen-bond acceptors (Lipinski definition) is 7. The molecular weight excluding hydrogens is 442 g/mol. The zero-order valence-electron chi connectivity index (χ0n) is 18.3. The number of nitrogens with one attached hydrogen (secondary N) is 1. The Hall–Kier alpha value is -3.33. The van der Waals surface area contributed by atoms with Crippen molar-refractivity contribution < 1.29 is 23.7 Å². The number of thioether (sulfide) groups is 1. The van der Waals surface area contributed by atoms with Crippen LogP contribution in [-0.2, 0) is 11.3 Å². The SMILES string of the molecule is CCn1c(-c2ccc3c(c2)OCCO3)cnc1SCC(=O)NCC1COc2ccccc2O1. The first-order valence-electron chi connectivity index (χ1n) is 10.9. The number of carbonyl (C=O) groups excluding carboxylic acids is 1. The molecule has 1 aromatic heterocycles. The Kier molecular flexibility index (Phi) is 6.30. The van der Waals surface area contributed by atoms with E-state index in [1.165, 1.54) is 11.8 Å². The van der Waals surface area contributed by atoms with E-state index < -0.39 is 0 Å². The van der Waals surface area contributed by atoms with Gasteiger partial charge in [0.15, 0.2) is 28.2 Å². The fourth-order valence-electron chi connectivity index (χ4n) is 3.79. The van der Waals surface area contributed by atoms with E-state index in [1.807, 2.05) is 48.7 Å². The van der Waals surface area contributed by atoms with Gasteiger partial charge in [-0.05, 0) is 37.3 Å². The third kappa shape index (κ3) is 4.73. The van der Waals surface area contributed by atoms with E-state index in [-0.39, 0.29) is 17.8 Å². The van der Waals surface area contributed by atoms with Crippen LogP contribution in [0.4, 0.5) is 0 Å². The number of fused-ring (bicyclic) bond motifs is 2. The van der Waals surface area contributed by atoms with Crippen LogP contribution in [0.15, 0.2) is 53.8 Å². The molecule has 1 unspecified atom stereocenters. The maximum atomic E-state index is 12.4. The fraction of sp³-hybridized carbons (Fsp3) is 0.333. The molecular formula is C24H25N3O5S. The molecule has 1 N–H and O–H groups in total. The molecule has 9 heteroatoms. The van der Waals surface area contributed by atoms with Gasteiger partial charge in [0, 0.05) is 12.1 Å². The monoisotopic (exact) mass is 467 g/mol. The highest BCUT2D eigenvalue weighted by Crippen LogP contribution is 2.35. The van der Waals surface area contributed by atoms with E-state index in [0.29, 0.717) is 32.1 Å². The van der Waals surface area contributed by atoms with Crippen LogP contribution in [0.5, 0.6) is 23.0 Å². The average molecular weight is 468 g/mol. The Labute approximate surface area is 196 Å². The average Bonchev–Trinajstić information content (AvgIpc) is 3.28. The molecule has 3 heterocycles. The van der Waals surface area contributed by atoms with Crippen molar-refractivity contribution >= 4 is 17.7 Å². The molecule has 172 valence electrons. The number of aromatic nitrogens is 2. The summed E-state index contributed by atoms with van der Waals surface area (Å²) in [6.07, 6.45) is 1.62. The summed E-state index contributed by atoms with van der Waals surface area (Å²) < 4.78 is 25.0. The Balaban J connectivity index is 1.17. The first-order chi connectivity index (χ1) is 16.2. The lowest BCUT2D eigenvalue weighted by molar-refractivity contribution is -0.119. The van der Waals surface area contributed by atoms with Gasteiger partial charge in [-0.1, -0.05) is 23.9 Å². The molecule has 0 saturated heterocycles. The third-order valence-electron chi connectivity index (χ3n) is 5.40. The zero-order valence-corrected chi connectivity index (χ0v) is 19.1. The molecule has 0 radical (unpaired) electrons. The van der Waals surface area contributed by atoms with Gasteiger partial charge in [0.25, 0.3) is 0 Å². The predicted octanol–water partition coefficient (Wildman–Crippen LogP) is 3.39. The highest BCUT2D eigenvalue weighted by Gasteiger charge is 2.21. The number of nitrogens with zero attached hydrogens (tertiary/aromatic N) is 2. The Morgan fingerprint density at radius 1 is 1.09 bits per heavy atom. The number of benzene rings is 2. The summed E-state index contributed by atoms with van der Waals surface area (Å²) in [4.78, 5) is 17.0. The molecule has 2 aromatic carbocycles. The minimum Gasteiger partial charge on any atom is -0.486 e. The molecule has 0 bridgehead atoms. The van der Waals surface area contributed by atoms with Gasteiger partial charge in [-0.25, -0.2) is 4.98 Å². The van der Waals surface area contributed by atoms with E-state index in [2.05, 4.69) is 21.8 Å². The standard InChI is InChI=1S/C24H25N3O5S/c1-2-27-18(16-7-8-20-22(11-16)30-10-9-29-20)13-26-24(27)33-15-23(28)25-12-17-14-31-19-5-3-4-6-21(19)32-17/h3-8,11,13,17H,2,9-10,12,14-15H2,1H3,(H,25,28). The van der Waals surface area contributed by atoms with Crippen molar-refractivity contribution in [2.75, 3.05) is 32.1 Å². The van der Waals surface area contributed by atoms with Gasteiger partial charge in [-0.2, -0.15) is 0 Å². The number of ether oxygens (including phenoxy) is 4. The van der Waals surface area contributed by atoms with Crippen LogP contribution in [-0.4, -0.2) is 53.7 Å². The number of imidazole rings is 1. The summed E-state index contributed by atoms with van der Waals surface area (Å²) >= 11 is 1.41. The first-order valence-corrected chi connectivity index (χ1v) is 11.9. The minimum atomic E-state index is -0.215. The van der Waals surface area contributed by atoms with Gasteiger partial charge in [0.2, 0.25) is 5.91 Å². The topological polar surface area (TPSA) is 83.8 Å². The molecule has 2 aliphatic heterocycles. The molecule has 2 aliphatic rings. The Morgan fingerprint density at radius 2 is 1.88 bits per heavy atom. The van der Waals surface area contributed by atoms with Gasteiger partial charge in [0.05, 0.1) is 24.2 Å². The predicted molar refractivity (Wildman–Crippen MR) is 124 cm³/mol. The van der Waals surface area contributed by atoms with Crippen LogP contribution in [0, 0.1) is 0 Å². The van der Waals surface area contributed by atoms with Crippen molar-refractivity contribution in [3.8, 4) is 34.3 Å². The van der Waals surface area contributed by atoms with Crippen molar-refractivity contribution in [3.63, 3.8) is 0 Å². The largest absolute Gasteiger partial charge is 0.486 e. The lowest BCUT2D eigenvalue weighted by Gasteiger charge is -2.26. The van der Waals surface area contributed by atoms with Crippen molar-refractivity contribution in [2.45, 2.75) is 24.7 Å². The Morgan fingerprint density at radius 3 is 2.73 bits per heavy atom. The second kappa shape index (κ2) is 9.66. The fourth-order valence-corrected chi connectivity index (χ4v) is 4.66. The molecule has 0 aliphatic carbocycles. The second-order valence-corrected chi connectivity index (χ2v) is 8.56. The molecule has 1 atom stereocenters. The molecule has 0 saturated carbocycles.